The fourth-order valence-corrected chi connectivity index (χ4v) is 2.26. The van der Waals surface area contributed by atoms with E-state index < -0.39 is 22.5 Å². The number of hydrogen-bond acceptors (Lipinski definition) is 8. The van der Waals surface area contributed by atoms with Gasteiger partial charge in [-0.05, 0) is 6.92 Å². The third-order valence-electron chi connectivity index (χ3n) is 3.07. The van der Waals surface area contributed by atoms with Gasteiger partial charge in [-0.3, -0.25) is 4.18 Å². The molecule has 2 aromatic heterocycles. The molecular formula is C11H17N5O5S. The molecule has 0 aliphatic heterocycles. The molecule has 122 valence electrons. The molecule has 0 bridgehead atoms. The highest BCUT2D eigenvalue weighted by atomic mass is 32.2. The summed E-state index contributed by atoms with van der Waals surface area (Å²) in [7, 11) is -4.05. The van der Waals surface area contributed by atoms with Crippen molar-refractivity contribution < 1.29 is 22.8 Å². The summed E-state index contributed by atoms with van der Waals surface area (Å²) in [6.45, 7) is 1.52. The number of rotatable bonds is 7. The number of nitrogens with zero attached hydrogens (tertiary/aromatic N) is 4. The second kappa shape index (κ2) is 6.62. The maximum absolute atomic E-state index is 10.6. The monoisotopic (exact) mass is 331 g/mol. The summed E-state index contributed by atoms with van der Waals surface area (Å²) in [6.07, 6.45) is 0.471. The number of hydrogen-bond donors (Lipinski definition) is 3. The fraction of sp³-hybridized carbons (Fsp3) is 0.545. The number of aliphatic hydroxyl groups is 2. The van der Waals surface area contributed by atoms with E-state index in [0.29, 0.717) is 16.9 Å². The van der Waals surface area contributed by atoms with Crippen molar-refractivity contribution in [1.82, 2.24) is 19.5 Å². The van der Waals surface area contributed by atoms with E-state index in [4.69, 9.17) is 0 Å². The molecule has 11 heteroatoms. The van der Waals surface area contributed by atoms with Crippen molar-refractivity contribution in [3.05, 3.63) is 18.3 Å². The van der Waals surface area contributed by atoms with Crippen molar-refractivity contribution >= 4 is 21.5 Å². The van der Waals surface area contributed by atoms with E-state index in [1.165, 1.54) is 12.7 Å². The number of aliphatic hydroxyl groups excluding tert-OH is 2. The average molecular weight is 331 g/mol. The highest BCUT2D eigenvalue weighted by Crippen LogP contribution is 2.13. The molecule has 2 aromatic rings. The van der Waals surface area contributed by atoms with Crippen LogP contribution in [0.2, 0.25) is 0 Å². The first-order chi connectivity index (χ1) is 10.3. The summed E-state index contributed by atoms with van der Waals surface area (Å²) in [5.74, 6) is 0. The van der Waals surface area contributed by atoms with E-state index in [9.17, 15) is 18.6 Å². The molecule has 0 saturated heterocycles. The molecular weight excluding hydrogens is 314 g/mol. The molecule has 0 radical (unpaired) electrons. The summed E-state index contributed by atoms with van der Waals surface area (Å²) in [5, 5.41) is 24.4. The molecule has 2 rings (SSSR count). The minimum Gasteiger partial charge on any atom is -0.390 e. The average Bonchev–Trinajstić information content (AvgIpc) is 2.82. The molecule has 0 amide bonds. The number of aromatic nitrogens is 4. The lowest BCUT2D eigenvalue weighted by molar-refractivity contribution is -0.000840. The highest BCUT2D eigenvalue weighted by Gasteiger charge is 2.19. The van der Waals surface area contributed by atoms with E-state index in [1.54, 1.807) is 11.5 Å². The van der Waals surface area contributed by atoms with Crippen LogP contribution in [0.1, 0.15) is 12.1 Å². The zero-order chi connectivity index (χ0) is 16.3. The van der Waals surface area contributed by atoms with Crippen molar-refractivity contribution in [3.8, 4) is 0 Å². The van der Waals surface area contributed by atoms with Gasteiger partial charge in [0, 0.05) is 6.42 Å². The molecule has 0 aliphatic carbocycles. The second-order valence-corrected chi connectivity index (χ2v) is 5.99. The van der Waals surface area contributed by atoms with Gasteiger partial charge in [0.1, 0.15) is 11.8 Å². The van der Waals surface area contributed by atoms with Crippen LogP contribution in [-0.4, -0.2) is 57.0 Å². The number of nitrogens with two attached hydrogens (primary N) is 1. The number of fused-ring (bicyclic) bond motifs is 1. The zero-order valence-corrected chi connectivity index (χ0v) is 12.6. The topological polar surface area (TPSA) is 153 Å². The Morgan fingerprint density at radius 2 is 2.05 bits per heavy atom. The van der Waals surface area contributed by atoms with Crippen LogP contribution in [0.15, 0.2) is 12.7 Å². The summed E-state index contributed by atoms with van der Waals surface area (Å²) in [4.78, 5) is 12.2. The molecule has 0 aromatic carbocycles. The Balaban J connectivity index is 1.98. The first kappa shape index (κ1) is 16.7. The molecule has 4 N–H and O–H groups in total. The first-order valence-corrected chi connectivity index (χ1v) is 7.91. The van der Waals surface area contributed by atoms with E-state index in [0.717, 1.165) is 0 Å². The van der Waals surface area contributed by atoms with E-state index >= 15 is 0 Å². The van der Waals surface area contributed by atoms with Crippen molar-refractivity contribution in [1.29, 1.82) is 0 Å². The third kappa shape index (κ3) is 4.18. The van der Waals surface area contributed by atoms with Crippen LogP contribution in [0.3, 0.4) is 0 Å². The summed E-state index contributed by atoms with van der Waals surface area (Å²) in [5.41, 5.74) is 1.86. The second-order valence-electron chi connectivity index (χ2n) is 4.77. The van der Waals surface area contributed by atoms with Crippen molar-refractivity contribution in [3.63, 3.8) is 0 Å². The smallest absolute Gasteiger partial charge is 0.333 e. The molecule has 0 spiro atoms. The predicted octanol–water partition coefficient (Wildman–Crippen LogP) is -1.53. The Bertz CT molecular complexity index is 746. The molecule has 22 heavy (non-hydrogen) atoms. The van der Waals surface area contributed by atoms with Gasteiger partial charge >= 0.3 is 10.3 Å². The van der Waals surface area contributed by atoms with Gasteiger partial charge in [-0.15, -0.1) is 0 Å². The van der Waals surface area contributed by atoms with Gasteiger partial charge in [0.2, 0.25) is 0 Å². The van der Waals surface area contributed by atoms with Crippen molar-refractivity contribution in [2.45, 2.75) is 32.1 Å². The third-order valence-corrected chi connectivity index (χ3v) is 3.57. The standard InChI is InChI=1S/C11H17N5O5S/c1-7-10-11(14-5-13-7)16(6-15-10)4-9(18)8(17)2-3-21-22(12,19)20/h5-6,8-9,17-18H,2-4H2,1H3,(H2,12,19,20)/t8-,9+/m1/s1. The summed E-state index contributed by atoms with van der Waals surface area (Å²) < 4.78 is 27.1. The summed E-state index contributed by atoms with van der Waals surface area (Å²) >= 11 is 0. The number of imidazole rings is 1. The molecule has 10 nitrogen and oxygen atoms in total. The Labute approximate surface area is 126 Å². The van der Waals surface area contributed by atoms with Crippen LogP contribution in [0.5, 0.6) is 0 Å². The van der Waals surface area contributed by atoms with Crippen LogP contribution < -0.4 is 5.14 Å². The predicted molar refractivity (Wildman–Crippen MR) is 75.7 cm³/mol. The van der Waals surface area contributed by atoms with Crippen molar-refractivity contribution in [2.75, 3.05) is 6.61 Å². The van der Waals surface area contributed by atoms with Gasteiger partial charge in [0.05, 0.1) is 37.4 Å². The quantitative estimate of drug-likeness (QED) is 0.552. The fourth-order valence-electron chi connectivity index (χ4n) is 1.93. The zero-order valence-electron chi connectivity index (χ0n) is 11.8. The summed E-state index contributed by atoms with van der Waals surface area (Å²) in [6, 6.07) is 0. The maximum Gasteiger partial charge on any atom is 0.333 e. The Kier molecular flexibility index (Phi) is 5.03. The largest absolute Gasteiger partial charge is 0.390 e. The van der Waals surface area contributed by atoms with Gasteiger partial charge < -0.3 is 14.8 Å². The first-order valence-electron chi connectivity index (χ1n) is 6.43. The van der Waals surface area contributed by atoms with Crippen molar-refractivity contribution in [2.24, 2.45) is 5.14 Å². The maximum atomic E-state index is 10.6. The van der Waals surface area contributed by atoms with Crippen LogP contribution in [-0.2, 0) is 21.0 Å². The lowest BCUT2D eigenvalue weighted by Crippen LogP contribution is -2.32. The molecule has 0 fully saturated rings. The molecule has 2 atom stereocenters. The lowest BCUT2D eigenvalue weighted by atomic mass is 10.1. The van der Waals surface area contributed by atoms with Crippen LogP contribution >= 0.6 is 0 Å². The van der Waals surface area contributed by atoms with Gasteiger partial charge in [0.15, 0.2) is 5.65 Å². The number of aryl methyl sites for hydroxylation is 1. The molecule has 0 aliphatic rings. The Morgan fingerprint density at radius 3 is 2.73 bits per heavy atom. The molecule has 2 heterocycles. The minimum atomic E-state index is -4.05. The SMILES string of the molecule is Cc1ncnc2c1ncn2C[C@H](O)[C@H](O)CCOS(N)(=O)=O. The van der Waals surface area contributed by atoms with E-state index in [2.05, 4.69) is 24.3 Å². The van der Waals surface area contributed by atoms with Gasteiger partial charge in [-0.2, -0.15) is 8.42 Å². The Morgan fingerprint density at radius 1 is 1.32 bits per heavy atom. The minimum absolute atomic E-state index is 0.0451. The molecule has 0 saturated carbocycles. The van der Waals surface area contributed by atoms with E-state index in [-0.39, 0.29) is 19.6 Å². The van der Waals surface area contributed by atoms with Gasteiger partial charge in [-0.25, -0.2) is 20.1 Å². The van der Waals surface area contributed by atoms with E-state index in [1.807, 2.05) is 0 Å². The van der Waals surface area contributed by atoms with Crippen LogP contribution in [0.25, 0.3) is 11.2 Å². The van der Waals surface area contributed by atoms with Gasteiger partial charge in [0.25, 0.3) is 0 Å². The van der Waals surface area contributed by atoms with Gasteiger partial charge in [-0.1, -0.05) is 0 Å². The lowest BCUT2D eigenvalue weighted by Gasteiger charge is -2.18. The van der Waals surface area contributed by atoms with Crippen LogP contribution in [0, 0.1) is 6.92 Å². The van der Waals surface area contributed by atoms with Crippen LogP contribution in [0.4, 0.5) is 0 Å². The normalized spacial score (nSPS) is 15.1. The Hall–Kier alpha value is -1.66. The molecule has 0 unspecified atom stereocenters. The highest BCUT2D eigenvalue weighted by molar-refractivity contribution is 7.84.